The first kappa shape index (κ1) is 14.4. The van der Waals surface area contributed by atoms with Gasteiger partial charge in [-0.05, 0) is 13.2 Å². The first-order valence-electron chi connectivity index (χ1n) is 5.34. The standard InChI is InChI=1S/C10H11N3O3S3/c1-3-16-8(15)6-7(19-10(12-6)17-2)13-5(14)4-18-9(13)11/h11H,3-4H2,1-2H3. The highest BCUT2D eigenvalue weighted by Gasteiger charge is 2.34. The van der Waals surface area contributed by atoms with Crippen molar-refractivity contribution >= 4 is 56.9 Å². The van der Waals surface area contributed by atoms with Crippen LogP contribution in [0.3, 0.4) is 0 Å². The summed E-state index contributed by atoms with van der Waals surface area (Å²) in [4.78, 5) is 29.1. The third-order valence-corrected chi connectivity index (χ3v) is 5.09. The number of thiazole rings is 1. The molecule has 1 aliphatic heterocycles. The molecule has 1 aromatic heterocycles. The first-order chi connectivity index (χ1) is 9.08. The van der Waals surface area contributed by atoms with Crippen LogP contribution in [0.25, 0.3) is 0 Å². The molecule has 1 amide bonds. The lowest BCUT2D eigenvalue weighted by molar-refractivity contribution is -0.115. The number of aromatic nitrogens is 1. The maximum atomic E-state index is 11.9. The van der Waals surface area contributed by atoms with Crippen molar-refractivity contribution in [2.24, 2.45) is 0 Å². The third kappa shape index (κ3) is 2.77. The van der Waals surface area contributed by atoms with E-state index in [1.54, 1.807) is 6.92 Å². The fourth-order valence-corrected chi connectivity index (χ4v) is 3.78. The van der Waals surface area contributed by atoms with Gasteiger partial charge < -0.3 is 4.74 Å². The van der Waals surface area contributed by atoms with Gasteiger partial charge in [0.2, 0.25) is 5.91 Å². The van der Waals surface area contributed by atoms with Crippen LogP contribution < -0.4 is 4.90 Å². The Balaban J connectivity index is 2.43. The lowest BCUT2D eigenvalue weighted by atomic mass is 10.4. The van der Waals surface area contributed by atoms with Gasteiger partial charge in [0.25, 0.3) is 0 Å². The second kappa shape index (κ2) is 5.93. The summed E-state index contributed by atoms with van der Waals surface area (Å²) in [6.45, 7) is 1.95. The molecule has 6 nitrogen and oxygen atoms in total. The molecule has 0 unspecified atom stereocenters. The largest absolute Gasteiger partial charge is 0.461 e. The van der Waals surface area contributed by atoms with Crippen LogP contribution in [0.2, 0.25) is 0 Å². The smallest absolute Gasteiger partial charge is 0.360 e. The minimum Gasteiger partial charge on any atom is -0.461 e. The molecule has 0 saturated carbocycles. The number of thioether (sulfide) groups is 2. The molecule has 1 aromatic rings. The number of amidine groups is 1. The van der Waals surface area contributed by atoms with Gasteiger partial charge in [0.15, 0.2) is 15.2 Å². The summed E-state index contributed by atoms with van der Waals surface area (Å²) < 4.78 is 5.60. The van der Waals surface area contributed by atoms with Gasteiger partial charge in [-0.3, -0.25) is 10.2 Å². The van der Waals surface area contributed by atoms with Crippen LogP contribution in [0, 0.1) is 5.41 Å². The van der Waals surface area contributed by atoms with Gasteiger partial charge in [-0.1, -0.05) is 34.9 Å². The van der Waals surface area contributed by atoms with Crippen molar-refractivity contribution in [1.29, 1.82) is 5.41 Å². The van der Waals surface area contributed by atoms with E-state index in [9.17, 15) is 9.59 Å². The molecule has 9 heteroatoms. The van der Waals surface area contributed by atoms with Crippen LogP contribution in [0.5, 0.6) is 0 Å². The fraction of sp³-hybridized carbons (Fsp3) is 0.400. The number of anilines is 1. The molecule has 1 N–H and O–H groups in total. The van der Waals surface area contributed by atoms with E-state index >= 15 is 0 Å². The molecule has 0 atom stereocenters. The predicted octanol–water partition coefficient (Wildman–Crippen LogP) is 2.06. The van der Waals surface area contributed by atoms with E-state index in [1.807, 2.05) is 6.26 Å². The summed E-state index contributed by atoms with van der Waals surface area (Å²) in [5.41, 5.74) is 0.108. The van der Waals surface area contributed by atoms with Crippen LogP contribution in [0.1, 0.15) is 17.4 Å². The molecule has 19 heavy (non-hydrogen) atoms. The Labute approximate surface area is 122 Å². The van der Waals surface area contributed by atoms with Crippen LogP contribution in [-0.2, 0) is 9.53 Å². The zero-order valence-electron chi connectivity index (χ0n) is 10.3. The topological polar surface area (TPSA) is 83.3 Å². The number of carbonyl (C=O) groups excluding carboxylic acids is 2. The van der Waals surface area contributed by atoms with Gasteiger partial charge in [0, 0.05) is 0 Å². The Morgan fingerprint density at radius 1 is 1.63 bits per heavy atom. The van der Waals surface area contributed by atoms with E-state index < -0.39 is 5.97 Å². The summed E-state index contributed by atoms with van der Waals surface area (Å²) in [6.07, 6.45) is 1.84. The van der Waals surface area contributed by atoms with E-state index in [0.717, 1.165) is 11.8 Å². The number of ether oxygens (including phenoxy) is 1. The highest BCUT2D eigenvalue weighted by Crippen LogP contribution is 2.37. The van der Waals surface area contributed by atoms with Gasteiger partial charge in [-0.25, -0.2) is 14.7 Å². The average molecular weight is 317 g/mol. The maximum Gasteiger partial charge on any atom is 0.360 e. The number of hydrogen-bond donors (Lipinski definition) is 1. The molecule has 1 fully saturated rings. The molecule has 1 aliphatic rings. The van der Waals surface area contributed by atoms with E-state index in [4.69, 9.17) is 10.1 Å². The summed E-state index contributed by atoms with van der Waals surface area (Å²) in [6, 6.07) is 0. The monoisotopic (exact) mass is 317 g/mol. The molecule has 0 radical (unpaired) electrons. The highest BCUT2D eigenvalue weighted by molar-refractivity contribution is 8.15. The lowest BCUT2D eigenvalue weighted by Crippen LogP contribution is -2.29. The quantitative estimate of drug-likeness (QED) is 0.676. The lowest BCUT2D eigenvalue weighted by Gasteiger charge is -2.12. The molecule has 0 aromatic carbocycles. The summed E-state index contributed by atoms with van der Waals surface area (Å²) in [5, 5.41) is 8.26. The Bertz CT molecular complexity index is 527. The van der Waals surface area contributed by atoms with Crippen molar-refractivity contribution in [3.63, 3.8) is 0 Å². The van der Waals surface area contributed by atoms with Crippen LogP contribution >= 0.6 is 34.9 Å². The molecular weight excluding hydrogens is 306 g/mol. The second-order valence-corrected chi connectivity index (χ2v) is 6.38. The summed E-state index contributed by atoms with van der Waals surface area (Å²) in [7, 11) is 0. The Hall–Kier alpha value is -1.06. The Morgan fingerprint density at radius 3 is 2.89 bits per heavy atom. The Kier molecular flexibility index (Phi) is 4.48. The van der Waals surface area contributed by atoms with Crippen molar-refractivity contribution in [2.45, 2.75) is 11.3 Å². The molecule has 2 rings (SSSR count). The predicted molar refractivity (Wildman–Crippen MR) is 77.5 cm³/mol. The van der Waals surface area contributed by atoms with Crippen molar-refractivity contribution < 1.29 is 14.3 Å². The van der Waals surface area contributed by atoms with Gasteiger partial charge >= 0.3 is 5.97 Å². The fourth-order valence-electron chi connectivity index (χ4n) is 1.44. The molecule has 0 bridgehead atoms. The number of nitrogens with one attached hydrogen (secondary N) is 1. The number of rotatable bonds is 4. The second-order valence-electron chi connectivity index (χ2n) is 3.38. The Morgan fingerprint density at radius 2 is 2.37 bits per heavy atom. The average Bonchev–Trinajstić information content (AvgIpc) is 2.93. The molecule has 102 valence electrons. The molecular formula is C10H11N3O3S3. The number of amides is 1. The highest BCUT2D eigenvalue weighted by atomic mass is 32.2. The third-order valence-electron chi connectivity index (χ3n) is 2.22. The van der Waals surface area contributed by atoms with Crippen molar-refractivity contribution in [2.75, 3.05) is 23.5 Å². The van der Waals surface area contributed by atoms with Crippen LogP contribution in [0.4, 0.5) is 5.00 Å². The normalized spacial score (nSPS) is 15.2. The zero-order valence-corrected chi connectivity index (χ0v) is 12.7. The molecule has 0 spiro atoms. The summed E-state index contributed by atoms with van der Waals surface area (Å²) >= 11 is 3.74. The maximum absolute atomic E-state index is 11.9. The van der Waals surface area contributed by atoms with E-state index in [0.29, 0.717) is 9.34 Å². The number of hydrogen-bond acceptors (Lipinski definition) is 8. The van der Waals surface area contributed by atoms with Crippen molar-refractivity contribution in [1.82, 2.24) is 4.98 Å². The van der Waals surface area contributed by atoms with Gasteiger partial charge in [-0.2, -0.15) is 0 Å². The zero-order chi connectivity index (χ0) is 14.0. The SMILES string of the molecule is CCOC(=O)c1nc(SC)sc1N1C(=N)SCC1=O. The molecule has 0 aliphatic carbocycles. The van der Waals surface area contributed by atoms with E-state index in [-0.39, 0.29) is 29.1 Å². The van der Waals surface area contributed by atoms with Crippen LogP contribution in [-0.4, -0.2) is 40.6 Å². The molecule has 2 heterocycles. The minimum atomic E-state index is -0.563. The van der Waals surface area contributed by atoms with Gasteiger partial charge in [-0.15, -0.1) is 0 Å². The number of esters is 1. The van der Waals surface area contributed by atoms with E-state index in [1.165, 1.54) is 28.0 Å². The van der Waals surface area contributed by atoms with Gasteiger partial charge in [0.05, 0.1) is 12.4 Å². The van der Waals surface area contributed by atoms with Crippen molar-refractivity contribution in [3.05, 3.63) is 5.69 Å². The van der Waals surface area contributed by atoms with E-state index in [2.05, 4.69) is 4.98 Å². The summed E-state index contributed by atoms with van der Waals surface area (Å²) in [5.74, 6) is -0.559. The van der Waals surface area contributed by atoms with Gasteiger partial charge in [0.1, 0.15) is 5.00 Å². The van der Waals surface area contributed by atoms with Crippen LogP contribution in [0.15, 0.2) is 4.34 Å². The number of carbonyl (C=O) groups is 2. The minimum absolute atomic E-state index is 0.108. The first-order valence-corrected chi connectivity index (χ1v) is 8.37. The number of nitrogens with zero attached hydrogens (tertiary/aromatic N) is 2. The van der Waals surface area contributed by atoms with Crippen molar-refractivity contribution in [3.8, 4) is 0 Å². The molecule has 1 saturated heterocycles.